The summed E-state index contributed by atoms with van der Waals surface area (Å²) in [5.74, 6) is 0. The molecule has 0 fully saturated rings. The molecule has 0 N–H and O–H groups in total. The molecule has 58 valence electrons. The van der Waals surface area contributed by atoms with Crippen LogP contribution in [0.4, 0.5) is 0 Å². The van der Waals surface area contributed by atoms with E-state index in [9.17, 15) is 0 Å². The maximum absolute atomic E-state index is 5.82. The van der Waals surface area contributed by atoms with Crippen LogP contribution in [0.1, 0.15) is 11.1 Å². The lowest BCUT2D eigenvalue weighted by Crippen LogP contribution is -1.88. The number of aryl methyl sites for hydroxylation is 1. The lowest BCUT2D eigenvalue weighted by atomic mass is 10.2. The first-order valence-electron chi connectivity index (χ1n) is 3.07. The Bertz CT molecular complexity index is 294. The Morgan fingerprint density at radius 2 is 2.09 bits per heavy atom. The molecule has 0 saturated heterocycles. The molecular weight excluding hydrogens is 199 g/mol. The molecule has 0 aliphatic carbocycles. The van der Waals surface area contributed by atoms with Gasteiger partial charge in [0.1, 0.15) is 4.32 Å². The minimum atomic E-state index is 0.318. The highest BCUT2D eigenvalue weighted by Gasteiger charge is 2.02. The fraction of sp³-hybridized carbons (Fsp3) is 0.125. The fourth-order valence-electron chi connectivity index (χ4n) is 0.790. The van der Waals surface area contributed by atoms with Crippen molar-refractivity contribution in [2.45, 2.75) is 6.92 Å². The topological polar surface area (TPSA) is 0 Å². The molecule has 0 aliphatic heterocycles. The van der Waals surface area contributed by atoms with Crippen molar-refractivity contribution in [2.24, 2.45) is 0 Å². The molecule has 0 spiro atoms. The summed E-state index contributed by atoms with van der Waals surface area (Å²) in [4.78, 5) is 0. The Morgan fingerprint density at radius 3 is 2.55 bits per heavy atom. The van der Waals surface area contributed by atoms with Gasteiger partial charge in [0.2, 0.25) is 0 Å². The minimum absolute atomic E-state index is 0.318. The van der Waals surface area contributed by atoms with Crippen molar-refractivity contribution in [1.82, 2.24) is 0 Å². The van der Waals surface area contributed by atoms with E-state index in [-0.39, 0.29) is 0 Å². The molecular formula is C8H6Cl2S. The number of halogens is 2. The second kappa shape index (κ2) is 3.53. The first-order chi connectivity index (χ1) is 5.11. The number of hydrogen-bond donors (Lipinski definition) is 0. The smallest absolute Gasteiger partial charge is 0.0836 e. The number of hydrogen-bond acceptors (Lipinski definition) is 1. The van der Waals surface area contributed by atoms with Crippen molar-refractivity contribution in [3.05, 3.63) is 34.3 Å². The summed E-state index contributed by atoms with van der Waals surface area (Å²) >= 11 is 16.2. The van der Waals surface area contributed by atoms with E-state index in [4.69, 9.17) is 35.4 Å². The van der Waals surface area contributed by atoms with Crippen LogP contribution in [0.2, 0.25) is 5.02 Å². The Labute approximate surface area is 81.1 Å². The van der Waals surface area contributed by atoms with Crippen molar-refractivity contribution in [2.75, 3.05) is 0 Å². The normalized spacial score (nSPS) is 9.73. The molecule has 3 heteroatoms. The van der Waals surface area contributed by atoms with Crippen molar-refractivity contribution in [3.63, 3.8) is 0 Å². The van der Waals surface area contributed by atoms with Gasteiger partial charge in [-0.15, -0.1) is 0 Å². The number of rotatable bonds is 1. The molecule has 1 rings (SSSR count). The predicted octanol–water partition coefficient (Wildman–Crippen LogP) is 3.56. The van der Waals surface area contributed by atoms with Crippen LogP contribution in [0.3, 0.4) is 0 Å². The molecule has 0 aliphatic rings. The molecule has 0 amide bonds. The average Bonchev–Trinajstić information content (AvgIpc) is 1.94. The van der Waals surface area contributed by atoms with E-state index in [2.05, 4.69) is 0 Å². The van der Waals surface area contributed by atoms with E-state index in [1.54, 1.807) is 6.07 Å². The van der Waals surface area contributed by atoms with Gasteiger partial charge >= 0.3 is 0 Å². The lowest BCUT2D eigenvalue weighted by molar-refractivity contribution is 1.47. The van der Waals surface area contributed by atoms with Gasteiger partial charge in [0.05, 0.1) is 5.02 Å². The molecule has 0 saturated carbocycles. The Kier molecular flexibility index (Phi) is 2.88. The quantitative estimate of drug-likeness (QED) is 0.499. The second-order valence-electron chi connectivity index (χ2n) is 2.26. The first kappa shape index (κ1) is 8.98. The van der Waals surface area contributed by atoms with Crippen molar-refractivity contribution in [1.29, 1.82) is 0 Å². The molecule has 1 aromatic rings. The highest BCUT2D eigenvalue weighted by Crippen LogP contribution is 2.19. The van der Waals surface area contributed by atoms with Gasteiger partial charge in [0.25, 0.3) is 0 Å². The van der Waals surface area contributed by atoms with Gasteiger partial charge in [-0.05, 0) is 19.1 Å². The minimum Gasteiger partial charge on any atom is -0.0836 e. The summed E-state index contributed by atoms with van der Waals surface area (Å²) in [6.07, 6.45) is 0. The van der Waals surface area contributed by atoms with Gasteiger partial charge in [-0.1, -0.05) is 47.0 Å². The van der Waals surface area contributed by atoms with Gasteiger partial charge in [0, 0.05) is 5.56 Å². The maximum Gasteiger partial charge on any atom is 0.112 e. The van der Waals surface area contributed by atoms with Gasteiger partial charge < -0.3 is 0 Å². The molecule has 1 aromatic carbocycles. The second-order valence-corrected chi connectivity index (χ2v) is 3.67. The SMILES string of the molecule is Cc1ccc(Cl)c(C(=S)Cl)c1. The average molecular weight is 205 g/mol. The fourth-order valence-corrected chi connectivity index (χ4v) is 1.43. The van der Waals surface area contributed by atoms with Crippen LogP contribution in [-0.2, 0) is 0 Å². The molecule has 11 heavy (non-hydrogen) atoms. The van der Waals surface area contributed by atoms with E-state index >= 15 is 0 Å². The Morgan fingerprint density at radius 1 is 1.45 bits per heavy atom. The zero-order chi connectivity index (χ0) is 8.43. The summed E-state index contributed by atoms with van der Waals surface area (Å²) in [7, 11) is 0. The zero-order valence-electron chi connectivity index (χ0n) is 5.90. The molecule has 0 heterocycles. The van der Waals surface area contributed by atoms with Crippen molar-refractivity contribution in [3.8, 4) is 0 Å². The molecule has 0 bridgehead atoms. The molecule has 0 aromatic heterocycles. The molecule has 0 radical (unpaired) electrons. The Balaban J connectivity index is 3.23. The van der Waals surface area contributed by atoms with Crippen molar-refractivity contribution < 1.29 is 0 Å². The third kappa shape index (κ3) is 2.16. The van der Waals surface area contributed by atoms with E-state index in [0.717, 1.165) is 11.1 Å². The third-order valence-electron chi connectivity index (χ3n) is 1.33. The number of benzene rings is 1. The summed E-state index contributed by atoms with van der Waals surface area (Å²) in [5, 5.41) is 0.607. The highest BCUT2D eigenvalue weighted by atomic mass is 35.5. The van der Waals surface area contributed by atoms with Crippen LogP contribution >= 0.6 is 35.4 Å². The van der Waals surface area contributed by atoms with Gasteiger partial charge in [0.15, 0.2) is 0 Å². The van der Waals surface area contributed by atoms with Crippen LogP contribution in [-0.4, -0.2) is 4.32 Å². The maximum atomic E-state index is 5.82. The monoisotopic (exact) mass is 204 g/mol. The molecule has 0 nitrogen and oxygen atoms in total. The largest absolute Gasteiger partial charge is 0.112 e. The third-order valence-corrected chi connectivity index (χ3v) is 2.09. The van der Waals surface area contributed by atoms with E-state index in [1.165, 1.54) is 0 Å². The Hall–Kier alpha value is -0.110. The van der Waals surface area contributed by atoms with Crippen LogP contribution in [0.5, 0.6) is 0 Å². The lowest BCUT2D eigenvalue weighted by Gasteiger charge is -2.00. The van der Waals surface area contributed by atoms with Crippen molar-refractivity contribution >= 4 is 39.7 Å². The van der Waals surface area contributed by atoms with Crippen LogP contribution in [0.15, 0.2) is 18.2 Å². The predicted molar refractivity (Wildman–Crippen MR) is 53.7 cm³/mol. The van der Waals surface area contributed by atoms with E-state index in [1.807, 2.05) is 19.1 Å². The highest BCUT2D eigenvalue weighted by molar-refractivity contribution is 7.83. The summed E-state index contributed by atoms with van der Waals surface area (Å²) in [6, 6.07) is 5.58. The van der Waals surface area contributed by atoms with Gasteiger partial charge in [-0.3, -0.25) is 0 Å². The van der Waals surface area contributed by atoms with Crippen LogP contribution in [0, 0.1) is 6.92 Å². The summed E-state index contributed by atoms with van der Waals surface area (Å²) < 4.78 is 0.318. The molecule has 0 unspecified atom stereocenters. The first-order valence-corrected chi connectivity index (χ1v) is 4.23. The standard InChI is InChI=1S/C8H6Cl2S/c1-5-2-3-7(9)6(4-5)8(10)11/h2-4H,1H3. The van der Waals surface area contributed by atoms with Crippen LogP contribution < -0.4 is 0 Å². The van der Waals surface area contributed by atoms with Crippen LogP contribution in [0.25, 0.3) is 0 Å². The van der Waals surface area contributed by atoms with Gasteiger partial charge in [-0.25, -0.2) is 0 Å². The summed E-state index contributed by atoms with van der Waals surface area (Å²) in [6.45, 7) is 1.97. The van der Waals surface area contributed by atoms with Gasteiger partial charge in [-0.2, -0.15) is 0 Å². The summed E-state index contributed by atoms with van der Waals surface area (Å²) in [5.41, 5.74) is 1.84. The number of thiocarbonyl (C=S) groups is 1. The molecule has 0 atom stereocenters. The zero-order valence-corrected chi connectivity index (χ0v) is 8.22. The van der Waals surface area contributed by atoms with E-state index in [0.29, 0.717) is 9.35 Å². The van der Waals surface area contributed by atoms with E-state index < -0.39 is 0 Å².